The third kappa shape index (κ3) is 7.28. The molecule has 0 N–H and O–H groups in total. The summed E-state index contributed by atoms with van der Waals surface area (Å²) < 4.78 is 9.38. The van der Waals surface area contributed by atoms with Crippen molar-refractivity contribution in [2.24, 2.45) is 0 Å². The lowest BCUT2D eigenvalue weighted by Gasteiger charge is -1.90. The SMILES string of the molecule is C1CCOC1.C=CC(=O)OCC. The van der Waals surface area contributed by atoms with Crippen LogP contribution in [-0.4, -0.2) is 25.8 Å². The maximum absolute atomic E-state index is 10.1. The van der Waals surface area contributed by atoms with E-state index < -0.39 is 0 Å². The molecule has 0 radical (unpaired) electrons. The zero-order valence-corrected chi connectivity index (χ0v) is 7.54. The maximum atomic E-state index is 10.1. The van der Waals surface area contributed by atoms with E-state index in [2.05, 4.69) is 11.3 Å². The van der Waals surface area contributed by atoms with E-state index >= 15 is 0 Å². The van der Waals surface area contributed by atoms with Gasteiger partial charge in [0.2, 0.25) is 0 Å². The van der Waals surface area contributed by atoms with Crippen LogP contribution in [0.1, 0.15) is 19.8 Å². The Kier molecular flexibility index (Phi) is 7.70. The van der Waals surface area contributed by atoms with Crippen molar-refractivity contribution >= 4 is 5.97 Å². The predicted molar refractivity (Wildman–Crippen MR) is 46.9 cm³/mol. The Hall–Kier alpha value is -0.830. The van der Waals surface area contributed by atoms with Gasteiger partial charge in [0.05, 0.1) is 6.61 Å². The number of rotatable bonds is 2. The fourth-order valence-corrected chi connectivity index (χ4v) is 0.711. The van der Waals surface area contributed by atoms with Crippen LogP contribution < -0.4 is 0 Å². The molecule has 0 aromatic carbocycles. The van der Waals surface area contributed by atoms with E-state index in [9.17, 15) is 4.79 Å². The monoisotopic (exact) mass is 172 g/mol. The van der Waals surface area contributed by atoms with Crippen molar-refractivity contribution in [2.45, 2.75) is 19.8 Å². The van der Waals surface area contributed by atoms with Crippen LogP contribution in [0.15, 0.2) is 12.7 Å². The molecule has 3 nitrogen and oxygen atoms in total. The smallest absolute Gasteiger partial charge is 0.330 e. The van der Waals surface area contributed by atoms with Crippen molar-refractivity contribution in [3.05, 3.63) is 12.7 Å². The van der Waals surface area contributed by atoms with Gasteiger partial charge in [0.1, 0.15) is 0 Å². The van der Waals surface area contributed by atoms with Crippen molar-refractivity contribution in [3.63, 3.8) is 0 Å². The zero-order chi connectivity index (χ0) is 9.23. The van der Waals surface area contributed by atoms with Crippen LogP contribution in [0.5, 0.6) is 0 Å². The molecule has 0 unspecified atom stereocenters. The van der Waals surface area contributed by atoms with Crippen molar-refractivity contribution in [2.75, 3.05) is 19.8 Å². The standard InChI is InChI=1S/C5H8O2.C4H8O/c1-3-5(6)7-4-2;1-2-4-5-3-1/h3H,1,4H2,2H3;1-4H2. The normalized spacial score (nSPS) is 14.4. The van der Waals surface area contributed by atoms with Crippen molar-refractivity contribution in [1.29, 1.82) is 0 Å². The predicted octanol–water partition coefficient (Wildman–Crippen LogP) is 1.53. The highest BCUT2D eigenvalue weighted by atomic mass is 16.5. The summed E-state index contributed by atoms with van der Waals surface area (Å²) in [4.78, 5) is 10.1. The Labute approximate surface area is 73.4 Å². The summed E-state index contributed by atoms with van der Waals surface area (Å²) in [6.07, 6.45) is 3.70. The Morgan fingerprint density at radius 2 is 2.17 bits per heavy atom. The lowest BCUT2D eigenvalue weighted by atomic mass is 10.4. The van der Waals surface area contributed by atoms with Crippen molar-refractivity contribution in [1.82, 2.24) is 0 Å². The van der Waals surface area contributed by atoms with Gasteiger partial charge in [-0.05, 0) is 19.8 Å². The number of hydrogen-bond donors (Lipinski definition) is 0. The average molecular weight is 172 g/mol. The molecule has 1 heterocycles. The fraction of sp³-hybridized carbons (Fsp3) is 0.667. The first-order valence-electron chi connectivity index (χ1n) is 4.18. The molecule has 3 heteroatoms. The highest BCUT2D eigenvalue weighted by molar-refractivity contribution is 5.81. The van der Waals surface area contributed by atoms with E-state index in [1.165, 1.54) is 12.8 Å². The first kappa shape index (κ1) is 11.2. The highest BCUT2D eigenvalue weighted by Gasteiger charge is 1.94. The number of ether oxygens (including phenoxy) is 2. The molecule has 0 atom stereocenters. The summed E-state index contributed by atoms with van der Waals surface area (Å²) >= 11 is 0. The van der Waals surface area contributed by atoms with Crippen LogP contribution in [0.25, 0.3) is 0 Å². The van der Waals surface area contributed by atoms with Crippen LogP contribution in [0.3, 0.4) is 0 Å². The second-order valence-corrected chi connectivity index (χ2v) is 2.28. The highest BCUT2D eigenvalue weighted by Crippen LogP contribution is 1.98. The molecule has 0 saturated carbocycles. The van der Waals surface area contributed by atoms with Crippen LogP contribution in [0, 0.1) is 0 Å². The molecule has 0 spiro atoms. The molecule has 1 saturated heterocycles. The first-order valence-corrected chi connectivity index (χ1v) is 4.18. The molecular formula is C9H16O3. The van der Waals surface area contributed by atoms with E-state index in [4.69, 9.17) is 4.74 Å². The molecular weight excluding hydrogens is 156 g/mol. The minimum Gasteiger partial charge on any atom is -0.463 e. The Morgan fingerprint density at radius 1 is 1.58 bits per heavy atom. The Balaban J connectivity index is 0.000000211. The molecule has 1 rings (SSSR count). The number of carbonyl (C=O) groups is 1. The molecule has 0 aromatic rings. The molecule has 0 bridgehead atoms. The van der Waals surface area contributed by atoms with E-state index in [1.807, 2.05) is 0 Å². The van der Waals surface area contributed by atoms with E-state index in [0.717, 1.165) is 19.3 Å². The van der Waals surface area contributed by atoms with Gasteiger partial charge < -0.3 is 9.47 Å². The summed E-state index contributed by atoms with van der Waals surface area (Å²) in [5.74, 6) is -0.359. The summed E-state index contributed by atoms with van der Waals surface area (Å²) in [7, 11) is 0. The largest absolute Gasteiger partial charge is 0.463 e. The van der Waals surface area contributed by atoms with Crippen LogP contribution >= 0.6 is 0 Å². The van der Waals surface area contributed by atoms with Gasteiger partial charge in [0.15, 0.2) is 0 Å². The topological polar surface area (TPSA) is 35.5 Å². The quantitative estimate of drug-likeness (QED) is 0.468. The Morgan fingerprint density at radius 3 is 2.33 bits per heavy atom. The molecule has 12 heavy (non-hydrogen) atoms. The fourth-order valence-electron chi connectivity index (χ4n) is 0.711. The van der Waals surface area contributed by atoms with Crippen molar-refractivity contribution in [3.8, 4) is 0 Å². The molecule has 0 aliphatic carbocycles. The van der Waals surface area contributed by atoms with Crippen molar-refractivity contribution < 1.29 is 14.3 Å². The molecule has 1 aliphatic rings. The van der Waals surface area contributed by atoms with Gasteiger partial charge in [-0.1, -0.05) is 6.58 Å². The van der Waals surface area contributed by atoms with Gasteiger partial charge in [0.25, 0.3) is 0 Å². The van der Waals surface area contributed by atoms with Gasteiger partial charge in [-0.2, -0.15) is 0 Å². The van der Waals surface area contributed by atoms with Gasteiger partial charge in [-0.25, -0.2) is 4.79 Å². The Bertz CT molecular complexity index is 120. The second kappa shape index (κ2) is 8.27. The van der Waals surface area contributed by atoms with Crippen LogP contribution in [0.2, 0.25) is 0 Å². The number of hydrogen-bond acceptors (Lipinski definition) is 3. The first-order chi connectivity index (χ1) is 5.81. The molecule has 0 amide bonds. The molecule has 0 aromatic heterocycles. The van der Waals surface area contributed by atoms with Gasteiger partial charge >= 0.3 is 5.97 Å². The lowest BCUT2D eigenvalue weighted by Crippen LogP contribution is -1.97. The summed E-state index contributed by atoms with van der Waals surface area (Å²) in [6.45, 7) is 7.38. The third-order valence-corrected chi connectivity index (χ3v) is 1.28. The molecule has 1 aliphatic heterocycles. The molecule has 1 fully saturated rings. The minimum absolute atomic E-state index is 0.359. The van der Waals surface area contributed by atoms with Gasteiger partial charge in [0, 0.05) is 19.3 Å². The lowest BCUT2D eigenvalue weighted by molar-refractivity contribution is -0.137. The second-order valence-electron chi connectivity index (χ2n) is 2.28. The van der Waals surface area contributed by atoms with Crippen LogP contribution in [-0.2, 0) is 14.3 Å². The van der Waals surface area contributed by atoms with Gasteiger partial charge in [-0.3, -0.25) is 0 Å². The summed E-state index contributed by atoms with van der Waals surface area (Å²) in [5, 5.41) is 0. The number of carbonyl (C=O) groups excluding carboxylic acids is 1. The van der Waals surface area contributed by atoms with Gasteiger partial charge in [-0.15, -0.1) is 0 Å². The minimum atomic E-state index is -0.359. The van der Waals surface area contributed by atoms with Crippen LogP contribution in [0.4, 0.5) is 0 Å². The third-order valence-electron chi connectivity index (χ3n) is 1.28. The maximum Gasteiger partial charge on any atom is 0.330 e. The number of esters is 1. The molecule has 70 valence electrons. The summed E-state index contributed by atoms with van der Waals surface area (Å²) in [6, 6.07) is 0. The average Bonchev–Trinajstić information content (AvgIpc) is 2.62. The van der Waals surface area contributed by atoms with E-state index in [-0.39, 0.29) is 5.97 Å². The van der Waals surface area contributed by atoms with E-state index in [1.54, 1.807) is 6.92 Å². The summed E-state index contributed by atoms with van der Waals surface area (Å²) in [5.41, 5.74) is 0. The zero-order valence-electron chi connectivity index (χ0n) is 7.54. The van der Waals surface area contributed by atoms with E-state index in [0.29, 0.717) is 6.61 Å².